The van der Waals surface area contributed by atoms with E-state index in [1.54, 1.807) is 23.9 Å². The molecule has 1 heterocycles. The highest BCUT2D eigenvalue weighted by Crippen LogP contribution is 2.18. The number of likely N-dealkylation sites (tertiary alicyclic amines) is 1. The van der Waals surface area contributed by atoms with Gasteiger partial charge in [-0.15, -0.1) is 11.8 Å². The molecular weight excluding hydrogens is 315 g/mol. The second kappa shape index (κ2) is 9.90. The number of hydrogen-bond acceptors (Lipinski definition) is 4. The number of carbonyl (C=O) groups excluding carboxylic acids is 1. The second-order valence-corrected chi connectivity index (χ2v) is 7.00. The van der Waals surface area contributed by atoms with Gasteiger partial charge in [-0.2, -0.15) is 0 Å². The molecule has 0 saturated carbocycles. The molecule has 1 aromatic rings. The van der Waals surface area contributed by atoms with E-state index in [4.69, 9.17) is 0 Å². The van der Waals surface area contributed by atoms with E-state index in [1.165, 1.54) is 12.1 Å². The lowest BCUT2D eigenvalue weighted by Crippen LogP contribution is -2.37. The van der Waals surface area contributed by atoms with E-state index in [2.05, 4.69) is 10.2 Å². The van der Waals surface area contributed by atoms with E-state index in [1.807, 2.05) is 0 Å². The normalized spacial score (nSPS) is 16.4. The Morgan fingerprint density at radius 3 is 2.70 bits per heavy atom. The maximum atomic E-state index is 12.8. The highest BCUT2D eigenvalue weighted by atomic mass is 32.2. The van der Waals surface area contributed by atoms with E-state index in [0.29, 0.717) is 18.7 Å². The van der Waals surface area contributed by atoms with Crippen LogP contribution in [0.5, 0.6) is 0 Å². The minimum atomic E-state index is -0.240. The average molecular weight is 340 g/mol. The first-order valence-corrected chi connectivity index (χ1v) is 9.17. The maximum absolute atomic E-state index is 12.8. The molecule has 0 bridgehead atoms. The molecule has 0 aliphatic carbocycles. The fourth-order valence-electron chi connectivity index (χ4n) is 2.55. The molecule has 2 N–H and O–H groups in total. The number of aliphatic hydroxyl groups is 1. The molecular formula is C17H25FN2O2S. The Morgan fingerprint density at radius 2 is 2.00 bits per heavy atom. The van der Waals surface area contributed by atoms with Gasteiger partial charge in [-0.05, 0) is 50.1 Å². The van der Waals surface area contributed by atoms with Crippen molar-refractivity contribution in [1.82, 2.24) is 10.2 Å². The van der Waals surface area contributed by atoms with E-state index in [-0.39, 0.29) is 17.8 Å². The number of aliphatic hydroxyl groups excluding tert-OH is 1. The number of halogens is 1. The molecule has 1 amide bonds. The predicted octanol–water partition coefficient (Wildman–Crippen LogP) is 2.27. The Kier molecular flexibility index (Phi) is 7.85. The standard InChI is InChI=1S/C17H25FN2O2S/c18-14-2-4-16(5-3-14)23-13-8-17(22)19-9-1-10-20-11-6-15(21)7-12-20/h2-5,15,21H,1,6-13H2,(H,19,22). The van der Waals surface area contributed by atoms with Crippen molar-refractivity contribution >= 4 is 17.7 Å². The Hall–Kier alpha value is -1.11. The maximum Gasteiger partial charge on any atom is 0.220 e. The minimum Gasteiger partial charge on any atom is -0.393 e. The summed E-state index contributed by atoms with van der Waals surface area (Å²) >= 11 is 1.56. The summed E-state index contributed by atoms with van der Waals surface area (Å²) in [6.45, 7) is 3.56. The van der Waals surface area contributed by atoms with Gasteiger partial charge in [-0.1, -0.05) is 0 Å². The topological polar surface area (TPSA) is 52.6 Å². The van der Waals surface area contributed by atoms with Crippen LogP contribution in [0.2, 0.25) is 0 Å². The van der Waals surface area contributed by atoms with Crippen LogP contribution in [-0.4, -0.2) is 53.9 Å². The van der Waals surface area contributed by atoms with Crippen molar-refractivity contribution in [3.05, 3.63) is 30.1 Å². The largest absolute Gasteiger partial charge is 0.393 e. The van der Waals surface area contributed by atoms with Crippen molar-refractivity contribution in [3.8, 4) is 0 Å². The van der Waals surface area contributed by atoms with Crippen LogP contribution in [0.25, 0.3) is 0 Å². The highest BCUT2D eigenvalue weighted by molar-refractivity contribution is 7.99. The minimum absolute atomic E-state index is 0.0636. The Morgan fingerprint density at radius 1 is 1.30 bits per heavy atom. The van der Waals surface area contributed by atoms with Crippen LogP contribution >= 0.6 is 11.8 Å². The summed E-state index contributed by atoms with van der Waals surface area (Å²) < 4.78 is 12.8. The van der Waals surface area contributed by atoms with Crippen LogP contribution in [0.1, 0.15) is 25.7 Å². The number of nitrogens with one attached hydrogen (secondary N) is 1. The zero-order chi connectivity index (χ0) is 16.5. The van der Waals surface area contributed by atoms with Crippen molar-refractivity contribution in [2.24, 2.45) is 0 Å². The number of thioether (sulfide) groups is 1. The number of piperidine rings is 1. The molecule has 1 aliphatic heterocycles. The first kappa shape index (κ1) is 18.2. The number of carbonyl (C=O) groups is 1. The second-order valence-electron chi connectivity index (χ2n) is 5.83. The van der Waals surface area contributed by atoms with Crippen LogP contribution < -0.4 is 5.32 Å². The fourth-order valence-corrected chi connectivity index (χ4v) is 3.41. The SMILES string of the molecule is O=C(CCSc1ccc(F)cc1)NCCCN1CCC(O)CC1. The molecule has 0 aromatic heterocycles. The summed E-state index contributed by atoms with van der Waals surface area (Å²) in [6, 6.07) is 6.32. The lowest BCUT2D eigenvalue weighted by molar-refractivity contribution is -0.120. The molecule has 1 aromatic carbocycles. The third-order valence-corrected chi connectivity index (χ3v) is 4.96. The molecule has 0 atom stereocenters. The molecule has 1 saturated heterocycles. The Balaban J connectivity index is 1.49. The molecule has 0 radical (unpaired) electrons. The molecule has 1 aliphatic rings. The van der Waals surface area contributed by atoms with Crippen LogP contribution in [0, 0.1) is 5.82 Å². The summed E-state index contributed by atoms with van der Waals surface area (Å²) in [4.78, 5) is 15.1. The fraction of sp³-hybridized carbons (Fsp3) is 0.588. The quantitative estimate of drug-likeness (QED) is 0.563. The van der Waals surface area contributed by atoms with E-state index >= 15 is 0 Å². The number of rotatable bonds is 8. The van der Waals surface area contributed by atoms with E-state index in [9.17, 15) is 14.3 Å². The summed E-state index contributed by atoms with van der Waals surface area (Å²) in [5.41, 5.74) is 0. The number of amides is 1. The summed E-state index contributed by atoms with van der Waals surface area (Å²) in [7, 11) is 0. The molecule has 0 spiro atoms. The molecule has 0 unspecified atom stereocenters. The average Bonchev–Trinajstić information content (AvgIpc) is 2.55. The van der Waals surface area contributed by atoms with Crippen molar-refractivity contribution in [1.29, 1.82) is 0 Å². The molecule has 23 heavy (non-hydrogen) atoms. The summed E-state index contributed by atoms with van der Waals surface area (Å²) in [5.74, 6) is 0.519. The van der Waals surface area contributed by atoms with Gasteiger partial charge in [0.2, 0.25) is 5.91 Å². The molecule has 128 valence electrons. The Labute approximate surface area is 141 Å². The number of benzene rings is 1. The van der Waals surface area contributed by atoms with Gasteiger partial charge in [0.25, 0.3) is 0 Å². The molecule has 1 fully saturated rings. The van der Waals surface area contributed by atoms with Gasteiger partial charge in [0, 0.05) is 36.7 Å². The zero-order valence-electron chi connectivity index (χ0n) is 13.3. The van der Waals surface area contributed by atoms with Gasteiger partial charge in [-0.3, -0.25) is 4.79 Å². The van der Waals surface area contributed by atoms with Crippen LogP contribution in [0.15, 0.2) is 29.2 Å². The molecule has 4 nitrogen and oxygen atoms in total. The summed E-state index contributed by atoms with van der Waals surface area (Å²) in [6.07, 6.45) is 2.98. The lowest BCUT2D eigenvalue weighted by Gasteiger charge is -2.29. The smallest absolute Gasteiger partial charge is 0.220 e. The van der Waals surface area contributed by atoms with Crippen molar-refractivity contribution in [3.63, 3.8) is 0 Å². The monoisotopic (exact) mass is 340 g/mol. The molecule has 2 rings (SSSR count). The first-order chi connectivity index (χ1) is 11.1. The third kappa shape index (κ3) is 7.33. The van der Waals surface area contributed by atoms with E-state index in [0.717, 1.165) is 43.8 Å². The first-order valence-electron chi connectivity index (χ1n) is 8.19. The van der Waals surface area contributed by atoms with Gasteiger partial charge in [0.05, 0.1) is 6.10 Å². The van der Waals surface area contributed by atoms with Gasteiger partial charge >= 0.3 is 0 Å². The van der Waals surface area contributed by atoms with E-state index < -0.39 is 0 Å². The predicted molar refractivity (Wildman–Crippen MR) is 91.0 cm³/mol. The van der Waals surface area contributed by atoms with Crippen LogP contribution in [-0.2, 0) is 4.79 Å². The number of nitrogens with zero attached hydrogens (tertiary/aromatic N) is 1. The van der Waals surface area contributed by atoms with Gasteiger partial charge < -0.3 is 15.3 Å². The third-order valence-electron chi connectivity index (χ3n) is 3.94. The zero-order valence-corrected chi connectivity index (χ0v) is 14.2. The van der Waals surface area contributed by atoms with Crippen molar-refractivity contribution < 1.29 is 14.3 Å². The van der Waals surface area contributed by atoms with Crippen LogP contribution in [0.4, 0.5) is 4.39 Å². The number of hydrogen-bond donors (Lipinski definition) is 2. The Bertz CT molecular complexity index is 476. The van der Waals surface area contributed by atoms with Crippen molar-refractivity contribution in [2.45, 2.75) is 36.7 Å². The van der Waals surface area contributed by atoms with Gasteiger partial charge in [-0.25, -0.2) is 4.39 Å². The lowest BCUT2D eigenvalue weighted by atomic mass is 10.1. The van der Waals surface area contributed by atoms with Crippen molar-refractivity contribution in [2.75, 3.05) is 31.9 Å². The highest BCUT2D eigenvalue weighted by Gasteiger charge is 2.16. The van der Waals surface area contributed by atoms with Crippen LogP contribution in [0.3, 0.4) is 0 Å². The van der Waals surface area contributed by atoms with Gasteiger partial charge in [0.15, 0.2) is 0 Å². The van der Waals surface area contributed by atoms with Gasteiger partial charge in [0.1, 0.15) is 5.82 Å². The summed E-state index contributed by atoms with van der Waals surface area (Å²) in [5, 5.41) is 12.4. The molecule has 6 heteroatoms.